The predicted octanol–water partition coefficient (Wildman–Crippen LogP) is 3.35. The molecular weight excluding hydrogens is 610 g/mol. The number of aromatic nitrogens is 1. The Morgan fingerprint density at radius 3 is 2.26 bits per heavy atom. The van der Waals surface area contributed by atoms with Gasteiger partial charge in [0.2, 0.25) is 5.91 Å². The number of ether oxygens (including phenoxy) is 3. The van der Waals surface area contributed by atoms with Crippen LogP contribution in [0.3, 0.4) is 0 Å². The number of anilines is 1. The van der Waals surface area contributed by atoms with Crippen LogP contribution in [0.25, 0.3) is 0 Å². The number of pyridine rings is 1. The third-order valence-electron chi connectivity index (χ3n) is 8.00. The molecule has 2 aliphatic heterocycles. The summed E-state index contributed by atoms with van der Waals surface area (Å²) in [6.07, 6.45) is 0.645. The van der Waals surface area contributed by atoms with Crippen molar-refractivity contribution in [2.24, 2.45) is 5.73 Å². The number of carbonyl (C=O) groups is 2. The smallest absolute Gasteiger partial charge is 0.407 e. The molecule has 2 amide bonds. The van der Waals surface area contributed by atoms with Crippen molar-refractivity contribution in [1.82, 2.24) is 15.6 Å². The Morgan fingerprint density at radius 1 is 1.00 bits per heavy atom. The Balaban J connectivity index is 1.16. The van der Waals surface area contributed by atoms with Crippen LogP contribution in [-0.4, -0.2) is 80.4 Å². The number of nitrogens with two attached hydrogens (primary N) is 1. The second-order valence-electron chi connectivity index (χ2n) is 11.2. The van der Waals surface area contributed by atoms with Crippen LogP contribution in [0, 0.1) is 17.5 Å². The maximum Gasteiger partial charge on any atom is 0.407 e. The number of benzene rings is 2. The molecule has 2 aromatic carbocycles. The van der Waals surface area contributed by atoms with E-state index in [0.717, 1.165) is 6.20 Å². The van der Waals surface area contributed by atoms with Gasteiger partial charge >= 0.3 is 6.09 Å². The average Bonchev–Trinajstić information content (AvgIpc) is 3.45. The average molecular weight is 646 g/mol. The number of carbonyl (C=O) groups excluding carboxylic acids is 2. The van der Waals surface area contributed by atoms with Crippen LogP contribution in [0.5, 0.6) is 0 Å². The van der Waals surface area contributed by atoms with E-state index in [1.54, 1.807) is 0 Å². The lowest BCUT2D eigenvalue weighted by atomic mass is 9.85. The maximum atomic E-state index is 15.0. The van der Waals surface area contributed by atoms with Crippen molar-refractivity contribution in [2.45, 2.75) is 49.2 Å². The van der Waals surface area contributed by atoms with Crippen LogP contribution < -0.4 is 21.7 Å². The molecule has 3 heterocycles. The molecule has 0 aliphatic carbocycles. The minimum absolute atomic E-state index is 0.00926. The molecule has 1 aromatic heterocycles. The van der Waals surface area contributed by atoms with Crippen molar-refractivity contribution < 1.29 is 41.4 Å². The number of hydrogen-bond donors (Lipinski definition) is 4. The fourth-order valence-corrected chi connectivity index (χ4v) is 5.43. The molecule has 14 heteroatoms. The normalized spacial score (nSPS) is 22.0. The first-order valence-corrected chi connectivity index (χ1v) is 14.9. The fourth-order valence-electron chi connectivity index (χ4n) is 5.43. The molecule has 2 saturated heterocycles. The SMILES string of the molecule is N[C@H](C(=O)Nc1cncc(F)c1CC[C@@H]1CN[C@H](COC(=O)NC2COC[C@@H]2F)CO1)C(c1ccc(F)cc1)c1ccc(F)cc1. The van der Waals surface area contributed by atoms with E-state index < -0.39 is 53.6 Å². The number of rotatable bonds is 11. The van der Waals surface area contributed by atoms with Gasteiger partial charge < -0.3 is 35.9 Å². The van der Waals surface area contributed by atoms with Crippen molar-refractivity contribution in [3.8, 4) is 0 Å². The van der Waals surface area contributed by atoms with Gasteiger partial charge in [0.05, 0.1) is 62.1 Å². The van der Waals surface area contributed by atoms with Crippen LogP contribution in [0.15, 0.2) is 60.9 Å². The summed E-state index contributed by atoms with van der Waals surface area (Å²) in [6.45, 7) is 0.655. The first-order valence-electron chi connectivity index (χ1n) is 14.9. The summed E-state index contributed by atoms with van der Waals surface area (Å²) >= 11 is 0. The summed E-state index contributed by atoms with van der Waals surface area (Å²) in [6, 6.07) is 8.76. The third-order valence-corrected chi connectivity index (χ3v) is 8.00. The van der Waals surface area contributed by atoms with Crippen LogP contribution in [0.1, 0.15) is 29.0 Å². The van der Waals surface area contributed by atoms with E-state index >= 15 is 0 Å². The summed E-state index contributed by atoms with van der Waals surface area (Å²) < 4.78 is 71.9. The summed E-state index contributed by atoms with van der Waals surface area (Å²) in [5.74, 6) is -2.95. The van der Waals surface area contributed by atoms with Gasteiger partial charge in [-0.1, -0.05) is 24.3 Å². The standard InChI is InChI=1S/C32H35F4N5O5/c33-20-5-1-18(2-6-20)29(19-3-7-21(34)8-4-19)30(37)31(42)40-27-13-38-12-25(35)24(27)10-9-23-11-39-22(14-45-23)15-46-32(43)41-28-17-44-16-26(28)36/h1-8,12-13,22-23,26,28-30,39H,9-11,14-17,37H2,(H,40,42)(H,41,43)/t22-,23+,26-,28?,30-/m0/s1. The summed E-state index contributed by atoms with van der Waals surface area (Å²) in [4.78, 5) is 29.3. The predicted molar refractivity (Wildman–Crippen MR) is 159 cm³/mol. The molecule has 5 atom stereocenters. The first-order chi connectivity index (χ1) is 22.2. The van der Waals surface area contributed by atoms with Crippen LogP contribution >= 0.6 is 0 Å². The Hall–Kier alpha value is -4.11. The van der Waals surface area contributed by atoms with Crippen molar-refractivity contribution in [1.29, 1.82) is 0 Å². The number of alkyl carbamates (subject to hydrolysis) is 1. The highest BCUT2D eigenvalue weighted by Crippen LogP contribution is 2.29. The molecule has 5 N–H and O–H groups in total. The minimum atomic E-state index is -1.28. The zero-order chi connectivity index (χ0) is 32.6. The van der Waals surface area contributed by atoms with Crippen molar-refractivity contribution >= 4 is 17.7 Å². The van der Waals surface area contributed by atoms with Gasteiger partial charge in [-0.15, -0.1) is 0 Å². The number of nitrogens with one attached hydrogen (secondary N) is 3. The van der Waals surface area contributed by atoms with E-state index in [2.05, 4.69) is 20.9 Å². The van der Waals surface area contributed by atoms with E-state index in [9.17, 15) is 27.2 Å². The lowest BCUT2D eigenvalue weighted by molar-refractivity contribution is -0.117. The van der Waals surface area contributed by atoms with Gasteiger partial charge in [0.25, 0.3) is 0 Å². The molecule has 3 aromatic rings. The largest absolute Gasteiger partial charge is 0.448 e. The molecule has 1 unspecified atom stereocenters. The Morgan fingerprint density at radius 2 is 1.67 bits per heavy atom. The molecule has 0 saturated carbocycles. The molecular formula is C32H35F4N5O5. The van der Waals surface area contributed by atoms with Gasteiger partial charge in [0, 0.05) is 18.0 Å². The van der Waals surface area contributed by atoms with E-state index in [4.69, 9.17) is 19.9 Å². The van der Waals surface area contributed by atoms with E-state index in [1.165, 1.54) is 54.7 Å². The quantitative estimate of drug-likeness (QED) is 0.233. The zero-order valence-electron chi connectivity index (χ0n) is 24.8. The van der Waals surface area contributed by atoms with Gasteiger partial charge in [-0.3, -0.25) is 9.78 Å². The number of morpholine rings is 1. The number of halogens is 4. The van der Waals surface area contributed by atoms with Crippen LogP contribution in [0.4, 0.5) is 28.0 Å². The summed E-state index contributed by atoms with van der Waals surface area (Å²) in [7, 11) is 0. The van der Waals surface area contributed by atoms with E-state index in [0.29, 0.717) is 24.1 Å². The fraction of sp³-hybridized carbons (Fsp3) is 0.406. The third kappa shape index (κ3) is 8.57. The second-order valence-corrected chi connectivity index (χ2v) is 11.2. The lowest BCUT2D eigenvalue weighted by Crippen LogP contribution is -2.50. The highest BCUT2D eigenvalue weighted by atomic mass is 19.1. The monoisotopic (exact) mass is 645 g/mol. The Labute approximate surface area is 263 Å². The van der Waals surface area contributed by atoms with Gasteiger partial charge in [-0.25, -0.2) is 22.4 Å². The Kier molecular flexibility index (Phi) is 11.2. The molecule has 0 bridgehead atoms. The highest BCUT2D eigenvalue weighted by Gasteiger charge is 2.31. The molecule has 10 nitrogen and oxygen atoms in total. The first kappa shape index (κ1) is 33.3. The summed E-state index contributed by atoms with van der Waals surface area (Å²) in [5.41, 5.74) is 7.86. The van der Waals surface area contributed by atoms with Crippen LogP contribution in [-0.2, 0) is 25.4 Å². The maximum absolute atomic E-state index is 15.0. The van der Waals surface area contributed by atoms with Gasteiger partial charge in [0.1, 0.15) is 30.2 Å². The highest BCUT2D eigenvalue weighted by molar-refractivity contribution is 5.96. The van der Waals surface area contributed by atoms with Crippen LogP contribution in [0.2, 0.25) is 0 Å². The molecule has 246 valence electrons. The van der Waals surface area contributed by atoms with Gasteiger partial charge in [-0.05, 0) is 48.2 Å². The second kappa shape index (κ2) is 15.5. The summed E-state index contributed by atoms with van der Waals surface area (Å²) in [5, 5.41) is 8.35. The van der Waals surface area contributed by atoms with Gasteiger partial charge in [0.15, 0.2) is 0 Å². The minimum Gasteiger partial charge on any atom is -0.448 e. The molecule has 46 heavy (non-hydrogen) atoms. The number of nitrogens with zero attached hydrogens (tertiary/aromatic N) is 1. The van der Waals surface area contributed by atoms with Crippen molar-refractivity contribution in [3.63, 3.8) is 0 Å². The van der Waals surface area contributed by atoms with E-state index in [-0.39, 0.29) is 56.2 Å². The molecule has 5 rings (SSSR count). The number of alkyl halides is 1. The van der Waals surface area contributed by atoms with E-state index in [1.807, 2.05) is 0 Å². The van der Waals surface area contributed by atoms with Gasteiger partial charge in [-0.2, -0.15) is 0 Å². The Bertz CT molecular complexity index is 1430. The zero-order valence-corrected chi connectivity index (χ0v) is 24.8. The molecule has 2 aliphatic rings. The number of hydrogen-bond acceptors (Lipinski definition) is 8. The lowest BCUT2D eigenvalue weighted by Gasteiger charge is -2.30. The molecule has 2 fully saturated rings. The molecule has 0 spiro atoms. The van der Waals surface area contributed by atoms with Crippen molar-refractivity contribution in [3.05, 3.63) is 95.1 Å². The topological polar surface area (TPSA) is 137 Å². The van der Waals surface area contributed by atoms with Crippen molar-refractivity contribution in [2.75, 3.05) is 38.3 Å². The molecule has 0 radical (unpaired) electrons. The number of amides is 2.